The van der Waals surface area contributed by atoms with Crippen LogP contribution in [0.5, 0.6) is 0 Å². The van der Waals surface area contributed by atoms with Gasteiger partial charge in [-0.15, -0.1) is 0 Å². The summed E-state index contributed by atoms with van der Waals surface area (Å²) in [6.07, 6.45) is 4.45. The molecule has 2 rings (SSSR count). The lowest BCUT2D eigenvalue weighted by Crippen LogP contribution is -2.34. The lowest BCUT2D eigenvalue weighted by Gasteiger charge is -2.31. The highest BCUT2D eigenvalue weighted by Gasteiger charge is 2.24. The number of rotatable bonds is 4. The van der Waals surface area contributed by atoms with Crippen molar-refractivity contribution in [3.8, 4) is 0 Å². The number of esters is 1. The zero-order valence-corrected chi connectivity index (χ0v) is 12.1. The van der Waals surface area contributed by atoms with Crippen molar-refractivity contribution < 1.29 is 14.6 Å². The molecule has 0 amide bonds. The van der Waals surface area contributed by atoms with E-state index in [1.165, 1.54) is 20.0 Å². The molecule has 1 aromatic heterocycles. The maximum atomic E-state index is 11.5. The number of methoxy groups -OCH3 is 1. The number of aryl methyl sites for hydroxylation is 1. The summed E-state index contributed by atoms with van der Waals surface area (Å²) in [5, 5.41) is 12.8. The Morgan fingerprint density at radius 1 is 1.45 bits per heavy atom. The number of carbonyl (C=O) groups excluding carboxylic acids is 1. The first-order chi connectivity index (χ1) is 9.65. The first-order valence-electron chi connectivity index (χ1n) is 7.09. The molecule has 0 radical (unpaired) electrons. The Labute approximate surface area is 119 Å². The van der Waals surface area contributed by atoms with Gasteiger partial charge in [0.1, 0.15) is 5.82 Å². The molecule has 1 aromatic rings. The third-order valence-electron chi connectivity index (χ3n) is 3.97. The molecule has 110 valence electrons. The first kappa shape index (κ1) is 14.8. The number of nitrogens with one attached hydrogen (secondary N) is 1. The monoisotopic (exact) mass is 278 g/mol. The van der Waals surface area contributed by atoms with Gasteiger partial charge in [-0.3, -0.25) is 0 Å². The van der Waals surface area contributed by atoms with Gasteiger partial charge in [-0.2, -0.15) is 0 Å². The molecule has 1 aliphatic rings. The van der Waals surface area contributed by atoms with Gasteiger partial charge in [0.2, 0.25) is 0 Å². The number of hydrogen-bond donors (Lipinski definition) is 2. The zero-order chi connectivity index (χ0) is 14.5. The van der Waals surface area contributed by atoms with Gasteiger partial charge < -0.3 is 15.2 Å². The largest absolute Gasteiger partial charge is 0.465 e. The van der Waals surface area contributed by atoms with Gasteiger partial charge in [-0.05, 0) is 31.9 Å². The number of aliphatic hydroxyl groups is 1. The number of aromatic nitrogens is 1. The molecule has 0 aliphatic heterocycles. The Hall–Kier alpha value is -1.62. The highest BCUT2D eigenvalue weighted by Crippen LogP contribution is 2.26. The average Bonchev–Trinajstić information content (AvgIpc) is 2.47. The van der Waals surface area contributed by atoms with Gasteiger partial charge in [0.25, 0.3) is 0 Å². The zero-order valence-electron chi connectivity index (χ0n) is 12.1. The van der Waals surface area contributed by atoms with Crippen LogP contribution in [-0.4, -0.2) is 35.8 Å². The predicted molar refractivity (Wildman–Crippen MR) is 76.8 cm³/mol. The van der Waals surface area contributed by atoms with Crippen molar-refractivity contribution in [1.82, 2.24) is 4.98 Å². The van der Waals surface area contributed by atoms with E-state index in [0.29, 0.717) is 11.3 Å². The van der Waals surface area contributed by atoms with E-state index in [4.69, 9.17) is 4.74 Å². The molecule has 0 spiro atoms. The van der Waals surface area contributed by atoms with Crippen LogP contribution in [0.2, 0.25) is 0 Å². The second-order valence-electron chi connectivity index (χ2n) is 5.30. The van der Waals surface area contributed by atoms with E-state index < -0.39 is 0 Å². The van der Waals surface area contributed by atoms with Crippen LogP contribution in [0.25, 0.3) is 0 Å². The summed E-state index contributed by atoms with van der Waals surface area (Å²) in [6.45, 7) is 2.00. The standard InChI is InChI=1S/C15H22N2O3/c1-10-12(15(19)20-2)7-8-14(16-10)17-13-6-4-3-5-11(13)9-18/h7-8,11,13,18H,3-6,9H2,1-2H3,(H,16,17). The van der Waals surface area contributed by atoms with E-state index in [1.807, 2.05) is 0 Å². The van der Waals surface area contributed by atoms with E-state index in [0.717, 1.165) is 18.7 Å². The van der Waals surface area contributed by atoms with Crippen LogP contribution < -0.4 is 5.32 Å². The fraction of sp³-hybridized carbons (Fsp3) is 0.600. The number of pyridine rings is 1. The Balaban J connectivity index is 2.09. The van der Waals surface area contributed by atoms with Crippen LogP contribution in [0.1, 0.15) is 41.7 Å². The molecule has 1 heterocycles. The van der Waals surface area contributed by atoms with Gasteiger partial charge in [0.15, 0.2) is 0 Å². The quantitative estimate of drug-likeness (QED) is 0.826. The second kappa shape index (κ2) is 6.70. The normalized spacial score (nSPS) is 22.4. The molecule has 0 saturated heterocycles. The van der Waals surface area contributed by atoms with Gasteiger partial charge in [-0.1, -0.05) is 12.8 Å². The van der Waals surface area contributed by atoms with Gasteiger partial charge >= 0.3 is 5.97 Å². The Morgan fingerprint density at radius 2 is 2.20 bits per heavy atom. The number of carbonyl (C=O) groups is 1. The summed E-state index contributed by atoms with van der Waals surface area (Å²) in [4.78, 5) is 15.9. The predicted octanol–water partition coefficient (Wildman–Crippen LogP) is 2.14. The summed E-state index contributed by atoms with van der Waals surface area (Å²) >= 11 is 0. The van der Waals surface area contributed by atoms with Crippen LogP contribution in [0.15, 0.2) is 12.1 Å². The summed E-state index contributed by atoms with van der Waals surface area (Å²) in [5.74, 6) is 0.666. The number of hydrogen-bond acceptors (Lipinski definition) is 5. The van der Waals surface area contributed by atoms with E-state index in [9.17, 15) is 9.90 Å². The molecule has 2 unspecified atom stereocenters. The highest BCUT2D eigenvalue weighted by atomic mass is 16.5. The Morgan fingerprint density at radius 3 is 2.85 bits per heavy atom. The third kappa shape index (κ3) is 3.28. The lowest BCUT2D eigenvalue weighted by atomic mass is 9.85. The molecule has 0 aromatic carbocycles. The molecular formula is C15H22N2O3. The van der Waals surface area contributed by atoms with Crippen LogP contribution in [0.4, 0.5) is 5.82 Å². The molecular weight excluding hydrogens is 256 g/mol. The molecule has 1 fully saturated rings. The Kier molecular flexibility index (Phi) is 4.95. The summed E-state index contributed by atoms with van der Waals surface area (Å²) < 4.78 is 4.71. The van der Waals surface area contributed by atoms with Crippen LogP contribution >= 0.6 is 0 Å². The maximum absolute atomic E-state index is 11.5. The van der Waals surface area contributed by atoms with Crippen molar-refractivity contribution in [2.45, 2.75) is 38.6 Å². The van der Waals surface area contributed by atoms with Crippen molar-refractivity contribution in [1.29, 1.82) is 0 Å². The highest BCUT2D eigenvalue weighted by molar-refractivity contribution is 5.90. The smallest absolute Gasteiger partial charge is 0.339 e. The van der Waals surface area contributed by atoms with Crippen molar-refractivity contribution in [2.24, 2.45) is 5.92 Å². The van der Waals surface area contributed by atoms with Crippen molar-refractivity contribution in [3.05, 3.63) is 23.4 Å². The summed E-state index contributed by atoms with van der Waals surface area (Å²) in [7, 11) is 1.36. The topological polar surface area (TPSA) is 71.5 Å². The summed E-state index contributed by atoms with van der Waals surface area (Å²) in [5.41, 5.74) is 1.14. The molecule has 20 heavy (non-hydrogen) atoms. The van der Waals surface area contributed by atoms with Crippen LogP contribution in [0.3, 0.4) is 0 Å². The van der Waals surface area contributed by atoms with Crippen molar-refractivity contribution >= 4 is 11.8 Å². The number of aliphatic hydroxyl groups excluding tert-OH is 1. The number of anilines is 1. The van der Waals surface area contributed by atoms with E-state index in [1.54, 1.807) is 19.1 Å². The number of ether oxygens (including phenoxy) is 1. The van der Waals surface area contributed by atoms with E-state index in [-0.39, 0.29) is 24.5 Å². The fourth-order valence-electron chi connectivity index (χ4n) is 2.77. The third-order valence-corrected chi connectivity index (χ3v) is 3.97. The first-order valence-corrected chi connectivity index (χ1v) is 7.09. The second-order valence-corrected chi connectivity index (χ2v) is 5.30. The van der Waals surface area contributed by atoms with E-state index >= 15 is 0 Å². The minimum atomic E-state index is -0.368. The average molecular weight is 278 g/mol. The Bertz CT molecular complexity index is 476. The fourth-order valence-corrected chi connectivity index (χ4v) is 2.77. The summed E-state index contributed by atoms with van der Waals surface area (Å²) in [6, 6.07) is 3.78. The van der Waals surface area contributed by atoms with Crippen LogP contribution in [0, 0.1) is 12.8 Å². The van der Waals surface area contributed by atoms with Crippen molar-refractivity contribution in [2.75, 3.05) is 19.0 Å². The van der Waals surface area contributed by atoms with Gasteiger partial charge in [-0.25, -0.2) is 9.78 Å². The SMILES string of the molecule is COC(=O)c1ccc(NC2CCCCC2CO)nc1C. The molecule has 5 nitrogen and oxygen atoms in total. The minimum absolute atomic E-state index is 0.205. The number of nitrogens with zero attached hydrogens (tertiary/aromatic N) is 1. The molecule has 2 N–H and O–H groups in total. The van der Waals surface area contributed by atoms with Crippen molar-refractivity contribution in [3.63, 3.8) is 0 Å². The molecule has 1 aliphatic carbocycles. The minimum Gasteiger partial charge on any atom is -0.465 e. The maximum Gasteiger partial charge on any atom is 0.339 e. The van der Waals surface area contributed by atoms with E-state index in [2.05, 4.69) is 10.3 Å². The van der Waals surface area contributed by atoms with Crippen LogP contribution in [-0.2, 0) is 4.74 Å². The molecule has 2 atom stereocenters. The van der Waals surface area contributed by atoms with Gasteiger partial charge in [0.05, 0.1) is 18.4 Å². The molecule has 1 saturated carbocycles. The van der Waals surface area contributed by atoms with Gasteiger partial charge in [0, 0.05) is 18.6 Å². The molecule has 5 heteroatoms. The lowest BCUT2D eigenvalue weighted by molar-refractivity contribution is 0.0599. The molecule has 0 bridgehead atoms.